The van der Waals surface area contributed by atoms with Crippen LogP contribution in [0.3, 0.4) is 0 Å². The molecule has 0 saturated heterocycles. The molecule has 120 valence electrons. The Bertz CT molecular complexity index is 845. The third-order valence-electron chi connectivity index (χ3n) is 3.87. The molecule has 0 aromatic heterocycles. The highest BCUT2D eigenvalue weighted by molar-refractivity contribution is 7.91. The van der Waals surface area contributed by atoms with Crippen molar-refractivity contribution in [3.8, 4) is 5.75 Å². The lowest BCUT2D eigenvalue weighted by atomic mass is 10.1. The maximum atomic E-state index is 12.6. The van der Waals surface area contributed by atoms with Gasteiger partial charge >= 0.3 is 0 Å². The van der Waals surface area contributed by atoms with E-state index in [0.717, 1.165) is 5.56 Å². The third kappa shape index (κ3) is 3.07. The lowest BCUT2D eigenvalue weighted by Gasteiger charge is -2.29. The Labute approximate surface area is 135 Å². The average molecular weight is 331 g/mol. The molecule has 3 rings (SSSR count). The molecule has 0 atom stereocenters. The minimum Gasteiger partial charge on any atom is -0.497 e. The van der Waals surface area contributed by atoms with Gasteiger partial charge in [0.15, 0.2) is 9.84 Å². The van der Waals surface area contributed by atoms with Gasteiger partial charge in [-0.3, -0.25) is 4.79 Å². The number of anilines is 1. The highest BCUT2D eigenvalue weighted by Crippen LogP contribution is 2.30. The van der Waals surface area contributed by atoms with Crippen molar-refractivity contribution in [3.63, 3.8) is 0 Å². The van der Waals surface area contributed by atoms with E-state index in [4.69, 9.17) is 4.74 Å². The lowest BCUT2D eigenvalue weighted by Crippen LogP contribution is -2.40. The van der Waals surface area contributed by atoms with Crippen LogP contribution in [0.4, 0.5) is 5.69 Å². The zero-order valence-electron chi connectivity index (χ0n) is 12.7. The summed E-state index contributed by atoms with van der Waals surface area (Å²) in [6.45, 7) is 0.183. The van der Waals surface area contributed by atoms with Crippen LogP contribution in [0, 0.1) is 0 Å². The molecule has 0 radical (unpaired) electrons. The summed E-state index contributed by atoms with van der Waals surface area (Å²) >= 11 is 0. The Morgan fingerprint density at radius 2 is 1.96 bits per heavy atom. The van der Waals surface area contributed by atoms with Crippen molar-refractivity contribution in [2.24, 2.45) is 0 Å². The highest BCUT2D eigenvalue weighted by atomic mass is 32.2. The molecule has 0 saturated carbocycles. The smallest absolute Gasteiger partial charge is 0.231 e. The van der Waals surface area contributed by atoms with Gasteiger partial charge in [0.1, 0.15) is 5.75 Å². The van der Waals surface area contributed by atoms with Gasteiger partial charge in [-0.1, -0.05) is 24.3 Å². The SMILES string of the molecule is COc1cccc(CC(=O)N2CCS(=O)(=O)c3ccccc32)c1. The number of hydrogen-bond donors (Lipinski definition) is 0. The molecule has 0 N–H and O–H groups in total. The molecule has 1 amide bonds. The number of hydrogen-bond acceptors (Lipinski definition) is 4. The maximum absolute atomic E-state index is 12.6. The first kappa shape index (κ1) is 15.6. The van der Waals surface area contributed by atoms with Gasteiger partial charge < -0.3 is 9.64 Å². The summed E-state index contributed by atoms with van der Waals surface area (Å²) < 4.78 is 29.4. The van der Waals surface area contributed by atoms with E-state index in [1.165, 1.54) is 0 Å². The fourth-order valence-electron chi connectivity index (χ4n) is 2.70. The molecular formula is C17H17NO4S. The molecule has 0 bridgehead atoms. The predicted molar refractivity (Wildman–Crippen MR) is 87.5 cm³/mol. The monoisotopic (exact) mass is 331 g/mol. The van der Waals surface area contributed by atoms with Crippen molar-refractivity contribution in [2.75, 3.05) is 24.3 Å². The first-order valence-electron chi connectivity index (χ1n) is 7.26. The Balaban J connectivity index is 1.88. The Morgan fingerprint density at radius 1 is 1.17 bits per heavy atom. The van der Waals surface area contributed by atoms with Gasteiger partial charge in [0, 0.05) is 6.54 Å². The molecule has 1 heterocycles. The van der Waals surface area contributed by atoms with Gasteiger partial charge in [-0.05, 0) is 29.8 Å². The summed E-state index contributed by atoms with van der Waals surface area (Å²) in [5.41, 5.74) is 1.30. The van der Waals surface area contributed by atoms with Crippen molar-refractivity contribution in [1.29, 1.82) is 0 Å². The van der Waals surface area contributed by atoms with Gasteiger partial charge in [0.25, 0.3) is 0 Å². The van der Waals surface area contributed by atoms with E-state index < -0.39 is 9.84 Å². The van der Waals surface area contributed by atoms with Crippen LogP contribution >= 0.6 is 0 Å². The van der Waals surface area contributed by atoms with E-state index in [0.29, 0.717) is 11.4 Å². The average Bonchev–Trinajstić information content (AvgIpc) is 2.55. The normalized spacial score (nSPS) is 15.8. The zero-order chi connectivity index (χ0) is 16.4. The van der Waals surface area contributed by atoms with Gasteiger partial charge in [0.05, 0.1) is 29.9 Å². The second-order valence-electron chi connectivity index (χ2n) is 5.36. The summed E-state index contributed by atoms with van der Waals surface area (Å²) in [4.78, 5) is 14.4. The van der Waals surface area contributed by atoms with Crippen LogP contribution in [0.5, 0.6) is 5.75 Å². The lowest BCUT2D eigenvalue weighted by molar-refractivity contribution is -0.118. The summed E-state index contributed by atoms with van der Waals surface area (Å²) in [5, 5.41) is 0. The summed E-state index contributed by atoms with van der Waals surface area (Å²) in [7, 11) is -1.73. The second-order valence-corrected chi connectivity index (χ2v) is 7.44. The van der Waals surface area contributed by atoms with E-state index in [2.05, 4.69) is 0 Å². The first-order valence-corrected chi connectivity index (χ1v) is 8.91. The fraction of sp³-hybridized carbons (Fsp3) is 0.235. The molecule has 2 aromatic carbocycles. The number of rotatable bonds is 3. The largest absolute Gasteiger partial charge is 0.497 e. The van der Waals surface area contributed by atoms with E-state index in [1.807, 2.05) is 24.3 Å². The number of ether oxygens (including phenoxy) is 1. The maximum Gasteiger partial charge on any atom is 0.231 e. The summed E-state index contributed by atoms with van der Waals surface area (Å²) in [5.74, 6) is 0.519. The van der Waals surface area contributed by atoms with Crippen LogP contribution in [0.25, 0.3) is 0 Å². The standard InChI is InChI=1S/C17H17NO4S/c1-22-14-6-4-5-13(11-14)12-17(19)18-9-10-23(20,21)16-8-3-2-7-15(16)18/h2-8,11H,9-10,12H2,1H3. The van der Waals surface area contributed by atoms with E-state index in [1.54, 1.807) is 36.3 Å². The summed E-state index contributed by atoms with van der Waals surface area (Å²) in [6, 6.07) is 14.0. The minimum atomic E-state index is -3.31. The predicted octanol–water partition coefficient (Wildman–Crippen LogP) is 2.06. The van der Waals surface area contributed by atoms with Gasteiger partial charge in [-0.25, -0.2) is 8.42 Å². The number of methoxy groups -OCH3 is 1. The van der Waals surface area contributed by atoms with Crippen LogP contribution in [-0.4, -0.2) is 33.7 Å². The molecule has 0 spiro atoms. The highest BCUT2D eigenvalue weighted by Gasteiger charge is 2.31. The third-order valence-corrected chi connectivity index (χ3v) is 5.60. The Morgan fingerprint density at radius 3 is 2.74 bits per heavy atom. The number of carbonyl (C=O) groups is 1. The van der Waals surface area contributed by atoms with E-state index in [-0.39, 0.29) is 29.5 Å². The van der Waals surface area contributed by atoms with Crippen LogP contribution in [0.1, 0.15) is 5.56 Å². The number of amides is 1. The summed E-state index contributed by atoms with van der Waals surface area (Å²) in [6.07, 6.45) is 0.200. The fourth-order valence-corrected chi connectivity index (χ4v) is 4.12. The van der Waals surface area contributed by atoms with Crippen LogP contribution < -0.4 is 9.64 Å². The molecule has 2 aromatic rings. The van der Waals surface area contributed by atoms with Gasteiger partial charge in [-0.2, -0.15) is 0 Å². The molecule has 1 aliphatic heterocycles. The molecule has 0 unspecified atom stereocenters. The van der Waals surface area contributed by atoms with E-state index in [9.17, 15) is 13.2 Å². The number of nitrogens with zero attached hydrogens (tertiary/aromatic N) is 1. The van der Waals surface area contributed by atoms with Gasteiger partial charge in [-0.15, -0.1) is 0 Å². The zero-order valence-corrected chi connectivity index (χ0v) is 13.5. The van der Waals surface area contributed by atoms with E-state index >= 15 is 0 Å². The van der Waals surface area contributed by atoms with Crippen molar-refractivity contribution >= 4 is 21.4 Å². The van der Waals surface area contributed by atoms with Crippen molar-refractivity contribution in [1.82, 2.24) is 0 Å². The Hall–Kier alpha value is -2.34. The van der Waals surface area contributed by atoms with Gasteiger partial charge in [0.2, 0.25) is 5.91 Å². The molecule has 1 aliphatic rings. The Kier molecular flexibility index (Phi) is 4.09. The molecular weight excluding hydrogens is 314 g/mol. The molecule has 23 heavy (non-hydrogen) atoms. The number of carbonyl (C=O) groups excluding carboxylic acids is 1. The molecule has 6 heteroatoms. The molecule has 5 nitrogen and oxygen atoms in total. The number of para-hydroxylation sites is 1. The topological polar surface area (TPSA) is 63.7 Å². The first-order chi connectivity index (χ1) is 11.0. The number of benzene rings is 2. The van der Waals surface area contributed by atoms with Crippen molar-refractivity contribution in [3.05, 3.63) is 54.1 Å². The number of sulfone groups is 1. The quantitative estimate of drug-likeness (QED) is 0.863. The van der Waals surface area contributed by atoms with Crippen LogP contribution in [0.15, 0.2) is 53.4 Å². The minimum absolute atomic E-state index is 0.0478. The van der Waals surface area contributed by atoms with Crippen LogP contribution in [0.2, 0.25) is 0 Å². The van der Waals surface area contributed by atoms with Crippen molar-refractivity contribution < 1.29 is 17.9 Å². The van der Waals surface area contributed by atoms with Crippen molar-refractivity contribution in [2.45, 2.75) is 11.3 Å². The molecule has 0 fully saturated rings. The van der Waals surface area contributed by atoms with Crippen LogP contribution in [-0.2, 0) is 21.1 Å². The molecule has 0 aliphatic carbocycles. The second kappa shape index (κ2) is 6.04. The number of fused-ring (bicyclic) bond motifs is 1.